The van der Waals surface area contributed by atoms with E-state index in [0.29, 0.717) is 18.1 Å². The van der Waals surface area contributed by atoms with Crippen molar-refractivity contribution in [2.75, 3.05) is 14.2 Å². The summed E-state index contributed by atoms with van der Waals surface area (Å²) in [6.07, 6.45) is 3.04. The van der Waals surface area contributed by atoms with Gasteiger partial charge in [0.1, 0.15) is 0 Å². The van der Waals surface area contributed by atoms with Crippen molar-refractivity contribution in [3.63, 3.8) is 0 Å². The third-order valence-corrected chi connectivity index (χ3v) is 2.41. The highest BCUT2D eigenvalue weighted by Gasteiger charge is 2.33. The number of ether oxygens (including phenoxy) is 2. The molecule has 60 valence electrons. The molecule has 1 saturated carbocycles. The minimum Gasteiger partial charge on any atom is -0.379 e. The number of hydrogen-bond donors (Lipinski definition) is 0. The fourth-order valence-electron chi connectivity index (χ4n) is 1.76. The van der Waals surface area contributed by atoms with Crippen LogP contribution in [0.5, 0.6) is 0 Å². The Balaban J connectivity index is 2.45. The molecule has 0 aromatic heterocycles. The van der Waals surface area contributed by atoms with E-state index in [9.17, 15) is 0 Å². The van der Waals surface area contributed by atoms with E-state index in [1.54, 1.807) is 14.2 Å². The van der Waals surface area contributed by atoms with Crippen LogP contribution in [0.1, 0.15) is 19.8 Å². The summed E-state index contributed by atoms with van der Waals surface area (Å²) >= 11 is 0. The maximum Gasteiger partial charge on any atom is 0.0858 e. The van der Waals surface area contributed by atoms with Crippen LogP contribution in [0, 0.1) is 5.92 Å². The van der Waals surface area contributed by atoms with Gasteiger partial charge in [-0.2, -0.15) is 0 Å². The highest BCUT2D eigenvalue weighted by molar-refractivity contribution is 4.83. The van der Waals surface area contributed by atoms with Crippen LogP contribution < -0.4 is 0 Å². The van der Waals surface area contributed by atoms with Crippen LogP contribution in [0.3, 0.4) is 0 Å². The third kappa shape index (κ3) is 1.32. The monoisotopic (exact) mass is 144 g/mol. The Hall–Kier alpha value is -0.0800. The van der Waals surface area contributed by atoms with Crippen molar-refractivity contribution in [2.45, 2.75) is 32.0 Å². The Kier molecular flexibility index (Phi) is 2.69. The van der Waals surface area contributed by atoms with Gasteiger partial charge in [0.05, 0.1) is 12.2 Å². The number of methoxy groups -OCH3 is 2. The van der Waals surface area contributed by atoms with Gasteiger partial charge in [-0.1, -0.05) is 6.92 Å². The summed E-state index contributed by atoms with van der Waals surface area (Å²) in [7, 11) is 3.52. The summed E-state index contributed by atoms with van der Waals surface area (Å²) in [5.41, 5.74) is 0. The molecule has 0 saturated heterocycles. The molecule has 10 heavy (non-hydrogen) atoms. The second kappa shape index (κ2) is 3.35. The molecule has 1 rings (SSSR count). The van der Waals surface area contributed by atoms with E-state index in [0.717, 1.165) is 6.42 Å². The summed E-state index contributed by atoms with van der Waals surface area (Å²) < 4.78 is 10.6. The Bertz CT molecular complexity index is 103. The molecule has 0 bridgehead atoms. The summed E-state index contributed by atoms with van der Waals surface area (Å²) in [6, 6.07) is 0. The van der Waals surface area contributed by atoms with Gasteiger partial charge in [0.15, 0.2) is 0 Å². The van der Waals surface area contributed by atoms with Gasteiger partial charge in [-0.15, -0.1) is 0 Å². The molecule has 1 aliphatic rings. The van der Waals surface area contributed by atoms with E-state index in [2.05, 4.69) is 6.92 Å². The molecule has 0 radical (unpaired) electrons. The lowest BCUT2D eigenvalue weighted by atomic mass is 10.1. The van der Waals surface area contributed by atoms with Crippen molar-refractivity contribution in [1.82, 2.24) is 0 Å². The van der Waals surface area contributed by atoms with E-state index in [4.69, 9.17) is 9.47 Å². The minimum absolute atomic E-state index is 0.324. The van der Waals surface area contributed by atoms with Gasteiger partial charge in [0.2, 0.25) is 0 Å². The predicted octanol–water partition coefficient (Wildman–Crippen LogP) is 1.45. The molecular formula is C8H16O2. The van der Waals surface area contributed by atoms with Crippen LogP contribution in [0.2, 0.25) is 0 Å². The molecule has 0 aromatic rings. The smallest absolute Gasteiger partial charge is 0.0858 e. The largest absolute Gasteiger partial charge is 0.379 e. The van der Waals surface area contributed by atoms with E-state index in [-0.39, 0.29) is 0 Å². The highest BCUT2D eigenvalue weighted by Crippen LogP contribution is 2.29. The standard InChI is InChI=1S/C8H16O2/c1-6-4-5-7(9-2)8(6)10-3/h6-8H,4-5H2,1-3H3. The van der Waals surface area contributed by atoms with Crippen molar-refractivity contribution in [3.8, 4) is 0 Å². The molecule has 0 spiro atoms. The van der Waals surface area contributed by atoms with Crippen molar-refractivity contribution in [1.29, 1.82) is 0 Å². The van der Waals surface area contributed by atoms with Crippen LogP contribution in [0.15, 0.2) is 0 Å². The second-order valence-corrected chi connectivity index (χ2v) is 3.03. The molecule has 2 heteroatoms. The van der Waals surface area contributed by atoms with Crippen molar-refractivity contribution in [3.05, 3.63) is 0 Å². The average molecular weight is 144 g/mol. The SMILES string of the molecule is COC1CCC(C)C1OC. The van der Waals surface area contributed by atoms with Crippen molar-refractivity contribution < 1.29 is 9.47 Å². The first-order valence-electron chi connectivity index (χ1n) is 3.85. The molecule has 1 fully saturated rings. The molecule has 0 N–H and O–H groups in total. The van der Waals surface area contributed by atoms with Crippen molar-refractivity contribution in [2.24, 2.45) is 5.92 Å². The fraction of sp³-hybridized carbons (Fsp3) is 1.00. The normalized spacial score (nSPS) is 40.5. The molecular weight excluding hydrogens is 128 g/mol. The van der Waals surface area contributed by atoms with Crippen molar-refractivity contribution >= 4 is 0 Å². The van der Waals surface area contributed by atoms with Crippen LogP contribution in [0.4, 0.5) is 0 Å². The van der Waals surface area contributed by atoms with E-state index < -0.39 is 0 Å². The van der Waals surface area contributed by atoms with E-state index in [1.165, 1.54) is 6.42 Å². The quantitative estimate of drug-likeness (QED) is 0.584. The lowest BCUT2D eigenvalue weighted by Gasteiger charge is -2.19. The topological polar surface area (TPSA) is 18.5 Å². The predicted molar refractivity (Wildman–Crippen MR) is 40.0 cm³/mol. The Labute approximate surface area is 62.5 Å². The Morgan fingerprint density at radius 2 is 1.80 bits per heavy atom. The number of hydrogen-bond acceptors (Lipinski definition) is 2. The summed E-state index contributed by atoms with van der Waals surface area (Å²) in [5.74, 6) is 0.662. The zero-order chi connectivity index (χ0) is 7.56. The molecule has 1 aliphatic carbocycles. The number of rotatable bonds is 2. The van der Waals surface area contributed by atoms with Gasteiger partial charge in [-0.3, -0.25) is 0 Å². The first-order valence-corrected chi connectivity index (χ1v) is 3.85. The summed E-state index contributed by atoms with van der Waals surface area (Å²) in [5, 5.41) is 0. The zero-order valence-corrected chi connectivity index (χ0v) is 6.96. The van der Waals surface area contributed by atoms with E-state index in [1.807, 2.05) is 0 Å². The molecule has 0 aliphatic heterocycles. The fourth-order valence-corrected chi connectivity index (χ4v) is 1.76. The maximum absolute atomic E-state index is 5.30. The molecule has 3 unspecified atom stereocenters. The molecule has 0 aromatic carbocycles. The van der Waals surface area contributed by atoms with Gasteiger partial charge < -0.3 is 9.47 Å². The Morgan fingerprint density at radius 3 is 2.20 bits per heavy atom. The van der Waals surface area contributed by atoms with Gasteiger partial charge in [-0.05, 0) is 18.8 Å². The minimum atomic E-state index is 0.324. The van der Waals surface area contributed by atoms with Crippen LogP contribution in [-0.2, 0) is 9.47 Å². The Morgan fingerprint density at radius 1 is 1.10 bits per heavy atom. The van der Waals surface area contributed by atoms with Gasteiger partial charge >= 0.3 is 0 Å². The van der Waals surface area contributed by atoms with Gasteiger partial charge in [-0.25, -0.2) is 0 Å². The average Bonchev–Trinajstić information content (AvgIpc) is 2.30. The van der Waals surface area contributed by atoms with Crippen LogP contribution in [0.25, 0.3) is 0 Å². The highest BCUT2D eigenvalue weighted by atomic mass is 16.5. The lowest BCUT2D eigenvalue weighted by Crippen LogP contribution is -2.27. The van der Waals surface area contributed by atoms with Gasteiger partial charge in [0, 0.05) is 14.2 Å². The maximum atomic E-state index is 5.30. The summed E-state index contributed by atoms with van der Waals surface area (Å²) in [4.78, 5) is 0. The summed E-state index contributed by atoms with van der Waals surface area (Å²) in [6.45, 7) is 2.22. The second-order valence-electron chi connectivity index (χ2n) is 3.03. The zero-order valence-electron chi connectivity index (χ0n) is 6.96. The molecule has 2 nitrogen and oxygen atoms in total. The first kappa shape index (κ1) is 8.02. The van der Waals surface area contributed by atoms with Crippen LogP contribution >= 0.6 is 0 Å². The third-order valence-electron chi connectivity index (χ3n) is 2.41. The van der Waals surface area contributed by atoms with Crippen LogP contribution in [-0.4, -0.2) is 26.4 Å². The molecule has 0 amide bonds. The molecule has 0 heterocycles. The first-order chi connectivity index (χ1) is 4.79. The molecule has 3 atom stereocenters. The van der Waals surface area contributed by atoms with Gasteiger partial charge in [0.25, 0.3) is 0 Å². The van der Waals surface area contributed by atoms with E-state index >= 15 is 0 Å². The lowest BCUT2D eigenvalue weighted by molar-refractivity contribution is -0.0312.